The number of para-hydroxylation sites is 1. The zero-order chi connectivity index (χ0) is 16.9. The number of hydrogen-bond acceptors (Lipinski definition) is 7. The number of rotatable bonds is 6. The highest BCUT2D eigenvalue weighted by molar-refractivity contribution is 5.77. The van der Waals surface area contributed by atoms with Crippen LogP contribution >= 0.6 is 0 Å². The highest BCUT2D eigenvalue weighted by Gasteiger charge is 2.12. The molecule has 3 rings (SSSR count). The summed E-state index contributed by atoms with van der Waals surface area (Å²) < 4.78 is 7.96. The van der Waals surface area contributed by atoms with E-state index in [0.29, 0.717) is 23.3 Å². The van der Waals surface area contributed by atoms with Crippen molar-refractivity contribution in [1.82, 2.24) is 29.8 Å². The number of carbonyl (C=O) groups is 1. The van der Waals surface area contributed by atoms with E-state index in [4.69, 9.17) is 4.74 Å². The Bertz CT molecular complexity index is 917. The van der Waals surface area contributed by atoms with Crippen LogP contribution in [0.1, 0.15) is 19.2 Å². The van der Waals surface area contributed by atoms with Crippen molar-refractivity contribution in [1.29, 1.82) is 0 Å². The molecule has 0 fully saturated rings. The number of nitrogens with zero attached hydrogens (tertiary/aromatic N) is 6. The van der Waals surface area contributed by atoms with Gasteiger partial charge in [-0.25, -0.2) is 9.67 Å². The molecule has 0 bridgehead atoms. The Morgan fingerprint density at radius 3 is 2.96 bits per heavy atom. The van der Waals surface area contributed by atoms with Crippen molar-refractivity contribution in [3.63, 3.8) is 0 Å². The van der Waals surface area contributed by atoms with Crippen LogP contribution in [0.3, 0.4) is 0 Å². The summed E-state index contributed by atoms with van der Waals surface area (Å²) in [7, 11) is 0. The molecule has 9 heteroatoms. The fourth-order valence-corrected chi connectivity index (χ4v) is 2.26. The van der Waals surface area contributed by atoms with Gasteiger partial charge >= 0.3 is 5.97 Å². The molecule has 0 saturated heterocycles. The van der Waals surface area contributed by atoms with Gasteiger partial charge in [-0.15, -0.1) is 5.10 Å². The minimum atomic E-state index is -0.555. The van der Waals surface area contributed by atoms with Gasteiger partial charge in [0.15, 0.2) is 12.4 Å². The second-order valence-corrected chi connectivity index (χ2v) is 5.17. The fourth-order valence-electron chi connectivity index (χ4n) is 2.26. The number of fused-ring (bicyclic) bond motifs is 1. The van der Waals surface area contributed by atoms with Crippen LogP contribution in [0.5, 0.6) is 0 Å². The quantitative estimate of drug-likeness (QED) is 0.608. The number of esters is 1. The number of aromatic nitrogens is 6. The first-order chi connectivity index (χ1) is 11.7. The van der Waals surface area contributed by atoms with Crippen LogP contribution < -0.4 is 5.56 Å². The predicted molar refractivity (Wildman–Crippen MR) is 83.9 cm³/mol. The smallest absolute Gasteiger partial charge is 0.326 e. The molecule has 0 unspecified atom stereocenters. The largest absolute Gasteiger partial charge is 0.456 e. The Hall–Kier alpha value is -3.10. The van der Waals surface area contributed by atoms with Crippen molar-refractivity contribution in [3.8, 4) is 0 Å². The predicted octanol–water partition coefficient (Wildman–Crippen LogP) is 0.536. The summed E-state index contributed by atoms with van der Waals surface area (Å²) in [6, 6.07) is 6.97. The maximum atomic E-state index is 12.3. The molecule has 2 heterocycles. The van der Waals surface area contributed by atoms with E-state index in [1.165, 1.54) is 10.9 Å². The standard InChI is InChI=1S/C15H16N6O3/c1-2-7-21-13(17-18-19-21)9-24-14(22)8-20-10-16-12-6-4-3-5-11(12)15(20)23/h3-6,10H,2,7-9H2,1H3. The molecule has 9 nitrogen and oxygen atoms in total. The first-order valence-corrected chi connectivity index (χ1v) is 7.54. The van der Waals surface area contributed by atoms with Crippen molar-refractivity contribution in [2.75, 3.05) is 0 Å². The lowest BCUT2D eigenvalue weighted by molar-refractivity contribution is -0.146. The molecular weight excluding hydrogens is 312 g/mol. The van der Waals surface area contributed by atoms with Gasteiger partial charge in [0.1, 0.15) is 6.54 Å². The van der Waals surface area contributed by atoms with Crippen molar-refractivity contribution < 1.29 is 9.53 Å². The summed E-state index contributed by atoms with van der Waals surface area (Å²) in [5, 5.41) is 11.6. The van der Waals surface area contributed by atoms with Crippen LogP contribution in [-0.4, -0.2) is 35.7 Å². The van der Waals surface area contributed by atoms with Gasteiger partial charge < -0.3 is 4.74 Å². The molecule has 24 heavy (non-hydrogen) atoms. The lowest BCUT2D eigenvalue weighted by Gasteiger charge is -2.07. The van der Waals surface area contributed by atoms with E-state index in [0.717, 1.165) is 6.42 Å². The molecule has 0 atom stereocenters. The molecule has 0 aliphatic rings. The van der Waals surface area contributed by atoms with E-state index in [-0.39, 0.29) is 18.7 Å². The molecule has 0 amide bonds. The Balaban J connectivity index is 1.68. The van der Waals surface area contributed by atoms with E-state index in [2.05, 4.69) is 20.5 Å². The molecule has 0 aliphatic carbocycles. The van der Waals surface area contributed by atoms with Crippen molar-refractivity contribution in [3.05, 3.63) is 46.8 Å². The average Bonchev–Trinajstić information content (AvgIpc) is 3.03. The molecule has 0 N–H and O–H groups in total. The summed E-state index contributed by atoms with van der Waals surface area (Å²) in [5.41, 5.74) is 0.305. The van der Waals surface area contributed by atoms with E-state index >= 15 is 0 Å². The number of tetrazole rings is 1. The third-order valence-electron chi connectivity index (χ3n) is 3.43. The summed E-state index contributed by atoms with van der Waals surface area (Å²) in [6.45, 7) is 2.39. The van der Waals surface area contributed by atoms with Crippen molar-refractivity contribution in [2.45, 2.75) is 33.0 Å². The summed E-state index contributed by atoms with van der Waals surface area (Å²) in [5.74, 6) is -0.0885. The monoisotopic (exact) mass is 328 g/mol. The van der Waals surface area contributed by atoms with Crippen LogP contribution in [0.2, 0.25) is 0 Å². The number of hydrogen-bond donors (Lipinski definition) is 0. The molecule has 0 aliphatic heterocycles. The number of aryl methyl sites for hydroxylation is 1. The third-order valence-corrected chi connectivity index (χ3v) is 3.43. The number of ether oxygens (including phenoxy) is 1. The number of carbonyl (C=O) groups excluding carboxylic acids is 1. The minimum absolute atomic E-state index is 0.0401. The Kier molecular flexibility index (Phi) is 4.59. The van der Waals surface area contributed by atoms with Crippen LogP contribution in [0.25, 0.3) is 10.9 Å². The maximum Gasteiger partial charge on any atom is 0.326 e. The van der Waals surface area contributed by atoms with E-state index in [9.17, 15) is 9.59 Å². The molecular formula is C15H16N6O3. The summed E-state index contributed by atoms with van der Waals surface area (Å²) in [4.78, 5) is 28.5. The average molecular weight is 328 g/mol. The van der Waals surface area contributed by atoms with Crippen molar-refractivity contribution in [2.24, 2.45) is 0 Å². The number of benzene rings is 1. The van der Waals surface area contributed by atoms with Gasteiger partial charge in [0.2, 0.25) is 0 Å². The van der Waals surface area contributed by atoms with Gasteiger partial charge in [-0.1, -0.05) is 19.1 Å². The molecule has 1 aromatic carbocycles. The lowest BCUT2D eigenvalue weighted by Crippen LogP contribution is -2.26. The third kappa shape index (κ3) is 3.29. The van der Waals surface area contributed by atoms with E-state index in [1.807, 2.05) is 6.92 Å². The Labute approximate surface area is 136 Å². The maximum absolute atomic E-state index is 12.3. The second-order valence-electron chi connectivity index (χ2n) is 5.17. The zero-order valence-electron chi connectivity index (χ0n) is 13.1. The lowest BCUT2D eigenvalue weighted by atomic mass is 10.2. The minimum Gasteiger partial charge on any atom is -0.456 e. The van der Waals surface area contributed by atoms with Gasteiger partial charge in [-0.3, -0.25) is 14.2 Å². The molecule has 0 spiro atoms. The summed E-state index contributed by atoms with van der Waals surface area (Å²) >= 11 is 0. The SMILES string of the molecule is CCCn1nnnc1COC(=O)Cn1cnc2ccccc2c1=O. The van der Waals surface area contributed by atoms with Gasteiger partial charge in [0.05, 0.1) is 17.2 Å². The van der Waals surface area contributed by atoms with Crippen LogP contribution in [0, 0.1) is 0 Å². The van der Waals surface area contributed by atoms with E-state index < -0.39 is 5.97 Å². The first-order valence-electron chi connectivity index (χ1n) is 7.54. The van der Waals surface area contributed by atoms with Crippen molar-refractivity contribution >= 4 is 16.9 Å². The van der Waals surface area contributed by atoms with Gasteiger partial charge in [0.25, 0.3) is 5.56 Å². The molecule has 3 aromatic rings. The van der Waals surface area contributed by atoms with Crippen LogP contribution in [0.15, 0.2) is 35.4 Å². The molecule has 2 aromatic heterocycles. The Morgan fingerprint density at radius 2 is 2.12 bits per heavy atom. The second kappa shape index (κ2) is 6.99. The van der Waals surface area contributed by atoms with E-state index in [1.54, 1.807) is 28.9 Å². The first kappa shape index (κ1) is 15.8. The molecule has 0 saturated carbocycles. The highest BCUT2D eigenvalue weighted by atomic mass is 16.5. The highest BCUT2D eigenvalue weighted by Crippen LogP contribution is 2.05. The fraction of sp³-hybridized carbons (Fsp3) is 0.333. The van der Waals surface area contributed by atoms with Crippen LogP contribution in [-0.2, 0) is 29.2 Å². The molecule has 0 radical (unpaired) electrons. The van der Waals surface area contributed by atoms with Gasteiger partial charge in [-0.2, -0.15) is 0 Å². The Morgan fingerprint density at radius 1 is 1.29 bits per heavy atom. The topological polar surface area (TPSA) is 105 Å². The van der Waals surface area contributed by atoms with Gasteiger partial charge in [-0.05, 0) is 29.0 Å². The summed E-state index contributed by atoms with van der Waals surface area (Å²) in [6.07, 6.45) is 2.21. The normalized spacial score (nSPS) is 10.9. The van der Waals surface area contributed by atoms with Gasteiger partial charge in [0, 0.05) is 6.54 Å². The zero-order valence-corrected chi connectivity index (χ0v) is 13.1. The van der Waals surface area contributed by atoms with Crippen LogP contribution in [0.4, 0.5) is 0 Å². The molecule has 124 valence electrons.